The second kappa shape index (κ2) is 5.27. The van der Waals surface area contributed by atoms with Gasteiger partial charge in [0.15, 0.2) is 5.69 Å². The largest absolute Gasteiger partial charge is 0.330 e. The highest BCUT2D eigenvalue weighted by Gasteiger charge is 2.29. The van der Waals surface area contributed by atoms with Gasteiger partial charge in [-0.1, -0.05) is 24.3 Å². The van der Waals surface area contributed by atoms with Gasteiger partial charge in [-0.3, -0.25) is 0 Å². The van der Waals surface area contributed by atoms with Gasteiger partial charge >= 0.3 is 5.82 Å². The Bertz CT molecular complexity index is 984. The summed E-state index contributed by atoms with van der Waals surface area (Å²) < 4.78 is 2.18. The summed E-state index contributed by atoms with van der Waals surface area (Å²) in [4.78, 5) is 5.08. The number of rotatable bonds is 1. The molecule has 0 radical (unpaired) electrons. The number of nitrogens with zero attached hydrogens (tertiary/aromatic N) is 2. The predicted octanol–water partition coefficient (Wildman–Crippen LogP) is 4.38. The van der Waals surface area contributed by atoms with E-state index in [4.69, 9.17) is 4.98 Å². The van der Waals surface area contributed by atoms with Crippen molar-refractivity contribution in [3.05, 3.63) is 70.0 Å². The molecule has 0 spiro atoms. The van der Waals surface area contributed by atoms with Crippen LogP contribution in [0.15, 0.2) is 36.5 Å². The monoisotopic (exact) mass is 315 g/mol. The molecule has 0 fully saturated rings. The first kappa shape index (κ1) is 15.1. The number of hydrogen-bond acceptors (Lipinski definition) is 1. The van der Waals surface area contributed by atoms with Crippen molar-refractivity contribution in [2.45, 2.75) is 34.1 Å². The van der Waals surface area contributed by atoms with Crippen LogP contribution in [0.5, 0.6) is 0 Å². The maximum atomic E-state index is 5.08. The summed E-state index contributed by atoms with van der Waals surface area (Å²) in [6.07, 6.45) is 3.19. The van der Waals surface area contributed by atoms with Crippen molar-refractivity contribution in [3.63, 3.8) is 0 Å². The summed E-state index contributed by atoms with van der Waals surface area (Å²) in [6, 6.07) is 11.1. The molecule has 0 bridgehead atoms. The Morgan fingerprint density at radius 1 is 0.917 bits per heavy atom. The SMILES string of the molecule is Cc1cc(C)c(C)c(-c2nc3c(c[n+]2C)-c2cccc(C)c2C3)c1. The second-order valence-electron chi connectivity index (χ2n) is 7.07. The summed E-state index contributed by atoms with van der Waals surface area (Å²) in [5, 5.41) is 0. The molecule has 1 heterocycles. The number of benzene rings is 2. The van der Waals surface area contributed by atoms with Gasteiger partial charge in [-0.05, 0) is 72.1 Å². The van der Waals surface area contributed by atoms with Crippen LogP contribution in [0.4, 0.5) is 0 Å². The summed E-state index contributed by atoms with van der Waals surface area (Å²) in [6.45, 7) is 8.72. The minimum Gasteiger partial charge on any atom is -0.232 e. The van der Waals surface area contributed by atoms with Gasteiger partial charge in [0, 0.05) is 6.42 Å². The molecule has 1 aliphatic rings. The Labute approximate surface area is 143 Å². The molecule has 1 aliphatic carbocycles. The first-order chi connectivity index (χ1) is 11.5. The molecule has 4 rings (SSSR count). The normalized spacial score (nSPS) is 12.2. The van der Waals surface area contributed by atoms with E-state index < -0.39 is 0 Å². The van der Waals surface area contributed by atoms with E-state index in [9.17, 15) is 0 Å². The van der Waals surface area contributed by atoms with Crippen molar-refractivity contribution in [1.82, 2.24) is 4.98 Å². The maximum absolute atomic E-state index is 5.08. The lowest BCUT2D eigenvalue weighted by Crippen LogP contribution is -2.33. The Hall–Kier alpha value is -2.48. The lowest BCUT2D eigenvalue weighted by Gasteiger charge is -2.09. The van der Waals surface area contributed by atoms with E-state index in [0.29, 0.717) is 0 Å². The summed E-state index contributed by atoms with van der Waals surface area (Å²) in [5.41, 5.74) is 11.8. The standard InChI is InChI=1S/C22H23N2/c1-13-9-15(3)16(4)19(10-13)22-23-21-11-18-14(2)7-6-8-17(18)20(21)12-24(22)5/h6-10,12H,11H2,1-5H3/q+1. The minimum atomic E-state index is 0.940. The lowest BCUT2D eigenvalue weighted by molar-refractivity contribution is -0.662. The molecule has 2 heteroatoms. The third-order valence-electron chi connectivity index (χ3n) is 5.31. The van der Waals surface area contributed by atoms with E-state index in [-0.39, 0.29) is 0 Å². The van der Waals surface area contributed by atoms with Gasteiger partial charge in [-0.15, -0.1) is 0 Å². The number of hydrogen-bond donors (Lipinski definition) is 0. The van der Waals surface area contributed by atoms with E-state index >= 15 is 0 Å². The van der Waals surface area contributed by atoms with Gasteiger partial charge in [0.25, 0.3) is 0 Å². The van der Waals surface area contributed by atoms with Gasteiger partial charge in [0.1, 0.15) is 6.20 Å². The summed E-state index contributed by atoms with van der Waals surface area (Å²) in [5.74, 6) is 1.06. The van der Waals surface area contributed by atoms with Gasteiger partial charge in [0.05, 0.1) is 18.2 Å². The van der Waals surface area contributed by atoms with Crippen LogP contribution in [0, 0.1) is 27.7 Å². The van der Waals surface area contributed by atoms with Crippen LogP contribution in [0.1, 0.15) is 33.5 Å². The Morgan fingerprint density at radius 2 is 1.71 bits per heavy atom. The Balaban J connectivity index is 1.93. The number of fused-ring (bicyclic) bond motifs is 3. The second-order valence-corrected chi connectivity index (χ2v) is 7.07. The lowest BCUT2D eigenvalue weighted by atomic mass is 9.99. The third-order valence-corrected chi connectivity index (χ3v) is 5.31. The average Bonchev–Trinajstić information content (AvgIpc) is 2.89. The quantitative estimate of drug-likeness (QED) is 0.476. The molecule has 0 amide bonds. The van der Waals surface area contributed by atoms with Gasteiger partial charge < -0.3 is 0 Å². The first-order valence-corrected chi connectivity index (χ1v) is 8.52. The van der Waals surface area contributed by atoms with E-state index in [0.717, 1.165) is 12.2 Å². The summed E-state index contributed by atoms with van der Waals surface area (Å²) >= 11 is 0. The van der Waals surface area contributed by atoms with Crippen LogP contribution in [-0.2, 0) is 13.5 Å². The van der Waals surface area contributed by atoms with Crippen molar-refractivity contribution in [2.75, 3.05) is 0 Å². The van der Waals surface area contributed by atoms with Crippen molar-refractivity contribution >= 4 is 0 Å². The fraction of sp³-hybridized carbons (Fsp3) is 0.273. The number of aryl methyl sites for hydroxylation is 4. The first-order valence-electron chi connectivity index (χ1n) is 8.52. The molecule has 0 aliphatic heterocycles. The zero-order valence-corrected chi connectivity index (χ0v) is 15.1. The molecule has 0 atom stereocenters. The van der Waals surface area contributed by atoms with Crippen LogP contribution in [0.2, 0.25) is 0 Å². The van der Waals surface area contributed by atoms with Gasteiger partial charge in [-0.2, -0.15) is 0 Å². The van der Waals surface area contributed by atoms with Crippen LogP contribution in [0.3, 0.4) is 0 Å². The van der Waals surface area contributed by atoms with E-state index in [1.165, 1.54) is 50.2 Å². The summed E-state index contributed by atoms with van der Waals surface area (Å²) in [7, 11) is 2.10. The molecule has 3 aromatic rings. The maximum Gasteiger partial charge on any atom is 0.330 e. The minimum absolute atomic E-state index is 0.940. The fourth-order valence-corrected chi connectivity index (χ4v) is 3.83. The highest BCUT2D eigenvalue weighted by Crippen LogP contribution is 2.37. The fourth-order valence-electron chi connectivity index (χ4n) is 3.83. The molecule has 2 aromatic carbocycles. The Morgan fingerprint density at radius 3 is 2.50 bits per heavy atom. The average molecular weight is 315 g/mol. The van der Waals surface area contributed by atoms with Crippen LogP contribution >= 0.6 is 0 Å². The van der Waals surface area contributed by atoms with Crippen LogP contribution in [-0.4, -0.2) is 4.98 Å². The predicted molar refractivity (Wildman–Crippen MR) is 98.0 cm³/mol. The molecule has 120 valence electrons. The molecule has 0 saturated carbocycles. The highest BCUT2D eigenvalue weighted by atomic mass is 15.0. The molecular weight excluding hydrogens is 292 g/mol. The van der Waals surface area contributed by atoms with E-state index in [2.05, 4.69) is 75.8 Å². The molecular formula is C22H23N2+. The third kappa shape index (κ3) is 2.17. The van der Waals surface area contributed by atoms with Gasteiger partial charge in [0.2, 0.25) is 0 Å². The zero-order valence-electron chi connectivity index (χ0n) is 15.1. The van der Waals surface area contributed by atoms with Crippen molar-refractivity contribution in [1.29, 1.82) is 0 Å². The highest BCUT2D eigenvalue weighted by molar-refractivity contribution is 5.76. The van der Waals surface area contributed by atoms with Crippen molar-refractivity contribution in [3.8, 4) is 22.5 Å². The molecule has 1 aromatic heterocycles. The Kier molecular flexibility index (Phi) is 3.31. The van der Waals surface area contributed by atoms with E-state index in [1.807, 2.05) is 0 Å². The molecule has 2 nitrogen and oxygen atoms in total. The van der Waals surface area contributed by atoms with Gasteiger partial charge in [-0.25, -0.2) is 4.57 Å². The molecule has 0 saturated heterocycles. The smallest absolute Gasteiger partial charge is 0.232 e. The molecule has 0 unspecified atom stereocenters. The van der Waals surface area contributed by atoms with Crippen LogP contribution in [0.25, 0.3) is 22.5 Å². The topological polar surface area (TPSA) is 16.8 Å². The number of aromatic nitrogens is 2. The zero-order chi connectivity index (χ0) is 17.0. The van der Waals surface area contributed by atoms with E-state index in [1.54, 1.807) is 0 Å². The van der Waals surface area contributed by atoms with Crippen molar-refractivity contribution < 1.29 is 4.57 Å². The van der Waals surface area contributed by atoms with Crippen molar-refractivity contribution in [2.24, 2.45) is 7.05 Å². The molecule has 0 N–H and O–H groups in total. The van der Waals surface area contributed by atoms with Crippen LogP contribution < -0.4 is 4.57 Å². The molecule has 24 heavy (non-hydrogen) atoms.